The second-order valence-corrected chi connectivity index (χ2v) is 11.4. The van der Waals surface area contributed by atoms with E-state index in [1.54, 1.807) is 30.5 Å². The Balaban J connectivity index is 1.57. The lowest BCUT2D eigenvalue weighted by Crippen LogP contribution is -2.41. The normalized spacial score (nSPS) is 15.4. The van der Waals surface area contributed by atoms with Crippen molar-refractivity contribution in [1.82, 2.24) is 9.13 Å². The molecule has 0 fully saturated rings. The summed E-state index contributed by atoms with van der Waals surface area (Å²) in [5.41, 5.74) is -0.782. The lowest BCUT2D eigenvalue weighted by Gasteiger charge is -2.26. The third kappa shape index (κ3) is 5.37. The SMILES string of the molecule is CCOC(=O)C1=C(C(F)(F)F)N=c2s/c(=C\c3cn(Cc4ccccc4F)c4ccccc34)c(=O)n2[C@@H]1c1ccc(Cl)cc1. The number of esters is 1. The molecule has 0 N–H and O–H groups in total. The number of fused-ring (bicyclic) bond motifs is 2. The van der Waals surface area contributed by atoms with Crippen LogP contribution in [0.1, 0.15) is 29.7 Å². The number of halogens is 5. The summed E-state index contributed by atoms with van der Waals surface area (Å²) >= 11 is 6.82. The van der Waals surface area contributed by atoms with Gasteiger partial charge in [0.2, 0.25) is 0 Å². The highest BCUT2D eigenvalue weighted by Crippen LogP contribution is 2.38. The van der Waals surface area contributed by atoms with E-state index in [0.29, 0.717) is 16.1 Å². The van der Waals surface area contributed by atoms with Gasteiger partial charge in [0.1, 0.15) is 5.82 Å². The molecule has 0 spiro atoms. The van der Waals surface area contributed by atoms with E-state index in [4.69, 9.17) is 16.3 Å². The van der Waals surface area contributed by atoms with Gasteiger partial charge < -0.3 is 9.30 Å². The van der Waals surface area contributed by atoms with Gasteiger partial charge in [0.05, 0.1) is 29.3 Å². The molecule has 0 unspecified atom stereocenters. The standard InChI is InChI=1S/C32H22ClF4N3O3S/c1-2-43-30(42)26-27(18-11-13-21(33)14-12-18)40-29(41)25(44-31(40)38-28(26)32(35,36)37)15-20-17-39(24-10-6-4-8-22(20)24)16-19-7-3-5-9-23(19)34/h3-15,17,27H,2,16H2,1H3/b25-15-/t27-/m1/s1. The summed E-state index contributed by atoms with van der Waals surface area (Å²) in [6.07, 6.45) is -1.68. The molecule has 6 nitrogen and oxygen atoms in total. The van der Waals surface area contributed by atoms with Gasteiger partial charge in [-0.25, -0.2) is 14.2 Å². The Labute approximate surface area is 256 Å². The molecule has 3 aromatic carbocycles. The molecule has 6 rings (SSSR count). The van der Waals surface area contributed by atoms with Crippen LogP contribution in [0.5, 0.6) is 0 Å². The van der Waals surface area contributed by atoms with Crippen LogP contribution in [0, 0.1) is 5.82 Å². The first-order chi connectivity index (χ1) is 21.1. The molecule has 12 heteroatoms. The van der Waals surface area contributed by atoms with Crippen molar-refractivity contribution in [2.75, 3.05) is 6.61 Å². The minimum absolute atomic E-state index is 0.100. The van der Waals surface area contributed by atoms with Crippen molar-refractivity contribution < 1.29 is 27.1 Å². The highest BCUT2D eigenvalue weighted by atomic mass is 35.5. The first kappa shape index (κ1) is 29.6. The monoisotopic (exact) mass is 639 g/mol. The lowest BCUT2D eigenvalue weighted by atomic mass is 9.95. The third-order valence-corrected chi connectivity index (χ3v) is 8.42. The zero-order valence-electron chi connectivity index (χ0n) is 22.9. The van der Waals surface area contributed by atoms with Crippen LogP contribution in [-0.2, 0) is 16.1 Å². The molecule has 0 saturated heterocycles. The number of carbonyl (C=O) groups excluding carboxylic acids is 1. The molecule has 224 valence electrons. The maximum atomic E-state index is 14.5. The molecule has 0 amide bonds. The maximum absolute atomic E-state index is 14.5. The number of hydrogen-bond acceptors (Lipinski definition) is 5. The molecule has 1 aliphatic rings. The van der Waals surface area contributed by atoms with Crippen LogP contribution in [-0.4, -0.2) is 27.9 Å². The zero-order valence-corrected chi connectivity index (χ0v) is 24.5. The second kappa shape index (κ2) is 11.5. The van der Waals surface area contributed by atoms with E-state index in [2.05, 4.69) is 4.99 Å². The molecule has 44 heavy (non-hydrogen) atoms. The Bertz CT molecular complexity index is 2130. The van der Waals surface area contributed by atoms with Crippen LogP contribution in [0.4, 0.5) is 17.6 Å². The summed E-state index contributed by atoms with van der Waals surface area (Å²) in [7, 11) is 0. The van der Waals surface area contributed by atoms with Crippen LogP contribution >= 0.6 is 22.9 Å². The summed E-state index contributed by atoms with van der Waals surface area (Å²) in [5, 5.41) is 1.08. The number of thiazole rings is 1. The highest BCUT2D eigenvalue weighted by Gasteiger charge is 2.45. The number of nitrogens with zero attached hydrogens (tertiary/aromatic N) is 3. The summed E-state index contributed by atoms with van der Waals surface area (Å²) in [5.74, 6) is -1.59. The minimum Gasteiger partial charge on any atom is -0.463 e. The van der Waals surface area contributed by atoms with Crippen LogP contribution in [0.25, 0.3) is 17.0 Å². The van der Waals surface area contributed by atoms with E-state index >= 15 is 0 Å². The van der Waals surface area contributed by atoms with Crippen molar-refractivity contribution in [2.24, 2.45) is 4.99 Å². The molecule has 0 aliphatic carbocycles. The highest BCUT2D eigenvalue weighted by molar-refractivity contribution is 7.07. The van der Waals surface area contributed by atoms with Crippen molar-refractivity contribution >= 4 is 45.9 Å². The van der Waals surface area contributed by atoms with E-state index in [-0.39, 0.29) is 33.9 Å². The quantitative estimate of drug-likeness (QED) is 0.166. The summed E-state index contributed by atoms with van der Waals surface area (Å²) in [6, 6.07) is 18.1. The van der Waals surface area contributed by atoms with Crippen molar-refractivity contribution in [3.63, 3.8) is 0 Å². The number of rotatable bonds is 6. The average molecular weight is 640 g/mol. The zero-order chi connectivity index (χ0) is 31.2. The van der Waals surface area contributed by atoms with Gasteiger partial charge in [0.25, 0.3) is 5.56 Å². The maximum Gasteiger partial charge on any atom is 0.434 e. The van der Waals surface area contributed by atoms with Crippen molar-refractivity contribution in [2.45, 2.75) is 25.7 Å². The number of alkyl halides is 3. The van der Waals surface area contributed by atoms with Crippen LogP contribution in [0.2, 0.25) is 5.02 Å². The molecule has 0 saturated carbocycles. The van der Waals surface area contributed by atoms with Crippen LogP contribution in [0.15, 0.2) is 100 Å². The van der Waals surface area contributed by atoms with Crippen LogP contribution < -0.4 is 14.9 Å². The van der Waals surface area contributed by atoms with Gasteiger partial charge in [0, 0.05) is 33.2 Å². The molecular formula is C32H22ClF4N3O3S. The molecule has 1 atom stereocenters. The number of para-hydroxylation sites is 1. The Kier molecular flexibility index (Phi) is 7.77. The molecule has 3 heterocycles. The Morgan fingerprint density at radius 3 is 2.48 bits per heavy atom. The fourth-order valence-electron chi connectivity index (χ4n) is 5.27. The predicted octanol–water partition coefficient (Wildman–Crippen LogP) is 6.14. The van der Waals surface area contributed by atoms with Crippen molar-refractivity contribution in [3.8, 4) is 0 Å². The van der Waals surface area contributed by atoms with Gasteiger partial charge in [-0.1, -0.05) is 71.5 Å². The van der Waals surface area contributed by atoms with Gasteiger partial charge in [-0.2, -0.15) is 13.2 Å². The molecule has 1 aliphatic heterocycles. The van der Waals surface area contributed by atoms with E-state index in [0.717, 1.165) is 26.8 Å². The van der Waals surface area contributed by atoms with Gasteiger partial charge >= 0.3 is 12.1 Å². The van der Waals surface area contributed by atoms with E-state index in [1.807, 2.05) is 28.8 Å². The van der Waals surface area contributed by atoms with Gasteiger partial charge in [0.15, 0.2) is 10.5 Å². The second-order valence-electron chi connectivity index (χ2n) is 9.94. The largest absolute Gasteiger partial charge is 0.463 e. The number of benzene rings is 3. The minimum atomic E-state index is -5.01. The van der Waals surface area contributed by atoms with Gasteiger partial charge in [-0.15, -0.1) is 0 Å². The van der Waals surface area contributed by atoms with Gasteiger partial charge in [-0.3, -0.25) is 9.36 Å². The Morgan fingerprint density at radius 2 is 1.77 bits per heavy atom. The third-order valence-electron chi connectivity index (χ3n) is 7.19. The fourth-order valence-corrected chi connectivity index (χ4v) is 6.39. The first-order valence-corrected chi connectivity index (χ1v) is 14.6. The van der Waals surface area contributed by atoms with E-state index < -0.39 is 35.0 Å². The number of allylic oxidation sites excluding steroid dienone is 1. The van der Waals surface area contributed by atoms with E-state index in [1.165, 1.54) is 37.3 Å². The molecule has 0 bridgehead atoms. The van der Waals surface area contributed by atoms with E-state index in [9.17, 15) is 27.2 Å². The number of ether oxygens (including phenoxy) is 1. The smallest absolute Gasteiger partial charge is 0.434 e. The van der Waals surface area contributed by atoms with Gasteiger partial charge in [-0.05, 0) is 42.8 Å². The number of carbonyl (C=O) groups is 1. The topological polar surface area (TPSA) is 65.6 Å². The lowest BCUT2D eigenvalue weighted by molar-refractivity contribution is -0.140. The summed E-state index contributed by atoms with van der Waals surface area (Å²) in [4.78, 5) is 30.6. The fraction of sp³-hybridized carbons (Fsp3) is 0.156. The van der Waals surface area contributed by atoms with Crippen molar-refractivity contribution in [3.05, 3.63) is 137 Å². The summed E-state index contributed by atoms with van der Waals surface area (Å²) in [6.45, 7) is 1.51. The van der Waals surface area contributed by atoms with Crippen LogP contribution in [0.3, 0.4) is 0 Å². The Hall–Kier alpha value is -4.48. The predicted molar refractivity (Wildman–Crippen MR) is 160 cm³/mol. The van der Waals surface area contributed by atoms with Crippen molar-refractivity contribution in [1.29, 1.82) is 0 Å². The first-order valence-electron chi connectivity index (χ1n) is 13.4. The molecule has 2 aromatic heterocycles. The molecule has 0 radical (unpaired) electrons. The molecule has 5 aromatic rings. The number of hydrogen-bond donors (Lipinski definition) is 0. The Morgan fingerprint density at radius 1 is 1.07 bits per heavy atom. The summed E-state index contributed by atoms with van der Waals surface area (Å²) < 4.78 is 65.6. The average Bonchev–Trinajstić information content (AvgIpc) is 3.50. The number of aromatic nitrogens is 2. The molecular weight excluding hydrogens is 618 g/mol.